The molecule has 1 aromatic rings. The van der Waals surface area contributed by atoms with Gasteiger partial charge < -0.3 is 5.32 Å². The van der Waals surface area contributed by atoms with E-state index >= 15 is 0 Å². The fraction of sp³-hybridized carbons (Fsp3) is 0.462. The van der Waals surface area contributed by atoms with Gasteiger partial charge in [0.2, 0.25) is 5.91 Å². The van der Waals surface area contributed by atoms with Gasteiger partial charge in [-0.2, -0.15) is 0 Å². The van der Waals surface area contributed by atoms with Crippen LogP contribution in [0.4, 0.5) is 0 Å². The first-order valence-electron chi connectivity index (χ1n) is 5.72. The van der Waals surface area contributed by atoms with Gasteiger partial charge in [-0.3, -0.25) is 4.79 Å². The molecule has 1 N–H and O–H groups in total. The lowest BCUT2D eigenvalue weighted by Gasteiger charge is -2.42. The number of hydrogen-bond acceptors (Lipinski definition) is 1. The summed E-state index contributed by atoms with van der Waals surface area (Å²) in [5.74, 6) is 0.541. The highest BCUT2D eigenvalue weighted by molar-refractivity contribution is 9.10. The molecule has 0 bridgehead atoms. The van der Waals surface area contributed by atoms with Gasteiger partial charge in [-0.05, 0) is 37.0 Å². The van der Waals surface area contributed by atoms with Crippen molar-refractivity contribution in [2.75, 3.05) is 6.54 Å². The van der Waals surface area contributed by atoms with Gasteiger partial charge in [0, 0.05) is 22.4 Å². The van der Waals surface area contributed by atoms with Gasteiger partial charge in [-0.25, -0.2) is 0 Å². The van der Waals surface area contributed by atoms with Crippen molar-refractivity contribution in [3.05, 3.63) is 34.3 Å². The van der Waals surface area contributed by atoms with E-state index in [0.29, 0.717) is 0 Å². The molecule has 3 rings (SSSR count). The lowest BCUT2D eigenvalue weighted by Crippen LogP contribution is -2.42. The van der Waals surface area contributed by atoms with Crippen LogP contribution >= 0.6 is 15.9 Å². The van der Waals surface area contributed by atoms with Gasteiger partial charge in [0.25, 0.3) is 0 Å². The Balaban J connectivity index is 1.80. The molecule has 1 aliphatic carbocycles. The molecule has 1 aromatic carbocycles. The normalized spacial score (nSPS) is 31.8. The van der Waals surface area contributed by atoms with Gasteiger partial charge in [-0.1, -0.05) is 28.1 Å². The van der Waals surface area contributed by atoms with E-state index in [1.54, 1.807) is 0 Å². The molecule has 2 fully saturated rings. The number of rotatable bonds is 2. The summed E-state index contributed by atoms with van der Waals surface area (Å²) in [7, 11) is 0. The molecule has 1 heterocycles. The third-order valence-electron chi connectivity index (χ3n) is 4.07. The Morgan fingerprint density at radius 2 is 2.12 bits per heavy atom. The molecule has 2 aliphatic rings. The number of benzene rings is 1. The maximum Gasteiger partial charge on any atom is 0.223 e. The predicted octanol–water partition coefficient (Wildman–Crippen LogP) is 2.52. The van der Waals surface area contributed by atoms with Crippen molar-refractivity contribution >= 4 is 21.8 Å². The first kappa shape index (κ1) is 10.3. The molecule has 1 aliphatic heterocycles. The predicted molar refractivity (Wildman–Crippen MR) is 66.0 cm³/mol. The quantitative estimate of drug-likeness (QED) is 0.886. The Kier molecular flexibility index (Phi) is 2.32. The second kappa shape index (κ2) is 3.59. The highest BCUT2D eigenvalue weighted by Crippen LogP contribution is 2.51. The number of hydrogen-bond donors (Lipinski definition) is 1. The number of carbonyl (C=O) groups excluding carboxylic acids is 1. The topological polar surface area (TPSA) is 29.1 Å². The van der Waals surface area contributed by atoms with E-state index in [-0.39, 0.29) is 17.2 Å². The number of nitrogens with one attached hydrogen (secondary N) is 1. The fourth-order valence-electron chi connectivity index (χ4n) is 2.99. The molecular formula is C13H14BrNO. The molecule has 3 heteroatoms. The van der Waals surface area contributed by atoms with Gasteiger partial charge in [-0.15, -0.1) is 0 Å². The highest BCUT2D eigenvalue weighted by Gasteiger charge is 2.54. The molecule has 2 nitrogen and oxygen atoms in total. The molecule has 0 radical (unpaired) electrons. The zero-order valence-corrected chi connectivity index (χ0v) is 10.6. The Bertz CT molecular complexity index is 428. The summed E-state index contributed by atoms with van der Waals surface area (Å²) in [6.07, 6.45) is 3.29. The Hall–Kier alpha value is -0.830. The van der Waals surface area contributed by atoms with Gasteiger partial charge >= 0.3 is 0 Å². The van der Waals surface area contributed by atoms with Crippen molar-refractivity contribution in [3.63, 3.8) is 0 Å². The van der Waals surface area contributed by atoms with Crippen LogP contribution < -0.4 is 5.32 Å². The monoisotopic (exact) mass is 279 g/mol. The molecule has 2 unspecified atom stereocenters. The van der Waals surface area contributed by atoms with Crippen LogP contribution in [0.3, 0.4) is 0 Å². The van der Waals surface area contributed by atoms with Crippen LogP contribution in [0.15, 0.2) is 28.7 Å². The molecule has 16 heavy (non-hydrogen) atoms. The van der Waals surface area contributed by atoms with Crippen LogP contribution in [0.5, 0.6) is 0 Å². The second-order valence-corrected chi connectivity index (χ2v) is 5.89. The van der Waals surface area contributed by atoms with Crippen molar-refractivity contribution in [3.8, 4) is 0 Å². The Morgan fingerprint density at radius 1 is 1.38 bits per heavy atom. The summed E-state index contributed by atoms with van der Waals surface area (Å²) >= 11 is 3.44. The van der Waals surface area contributed by atoms with E-state index in [9.17, 15) is 4.79 Å². The zero-order valence-electron chi connectivity index (χ0n) is 9.00. The van der Waals surface area contributed by atoms with Crippen molar-refractivity contribution in [2.45, 2.75) is 19.3 Å². The maximum absolute atomic E-state index is 11.6. The summed E-state index contributed by atoms with van der Waals surface area (Å²) in [4.78, 5) is 11.6. The van der Waals surface area contributed by atoms with Crippen LogP contribution in [0.25, 0.3) is 0 Å². The van der Waals surface area contributed by atoms with Crippen molar-refractivity contribution in [1.29, 1.82) is 0 Å². The molecule has 0 spiro atoms. The average Bonchev–Trinajstić information content (AvgIpc) is 2.44. The standard InChI is InChI=1S/C13H14BrNO/c14-10-3-1-9(2-4-10)7-13-6-5-11(13)12(16)15-8-13/h1-4,11H,5-8H2,(H,15,16). The summed E-state index contributed by atoms with van der Waals surface area (Å²) < 4.78 is 1.11. The SMILES string of the molecule is O=C1NCC2(Cc3ccc(Br)cc3)CCC12. The maximum atomic E-state index is 11.6. The van der Waals surface area contributed by atoms with E-state index in [0.717, 1.165) is 23.9 Å². The van der Waals surface area contributed by atoms with Gasteiger partial charge in [0.15, 0.2) is 0 Å². The molecule has 84 valence electrons. The van der Waals surface area contributed by atoms with E-state index in [2.05, 4.69) is 45.5 Å². The minimum Gasteiger partial charge on any atom is -0.355 e. The minimum atomic E-state index is 0.227. The van der Waals surface area contributed by atoms with Crippen LogP contribution in [0, 0.1) is 11.3 Å². The molecule has 1 saturated heterocycles. The minimum absolute atomic E-state index is 0.227. The highest BCUT2D eigenvalue weighted by atomic mass is 79.9. The van der Waals surface area contributed by atoms with Crippen LogP contribution in [0.1, 0.15) is 18.4 Å². The largest absolute Gasteiger partial charge is 0.355 e. The average molecular weight is 280 g/mol. The van der Waals surface area contributed by atoms with E-state index < -0.39 is 0 Å². The van der Waals surface area contributed by atoms with Crippen molar-refractivity contribution in [2.24, 2.45) is 11.3 Å². The third-order valence-corrected chi connectivity index (χ3v) is 4.60. The Labute approximate surface area is 104 Å². The lowest BCUT2D eigenvalue weighted by atomic mass is 9.59. The first-order chi connectivity index (χ1) is 7.70. The van der Waals surface area contributed by atoms with E-state index in [4.69, 9.17) is 0 Å². The number of amides is 1. The molecule has 1 saturated carbocycles. The number of fused-ring (bicyclic) bond motifs is 1. The lowest BCUT2D eigenvalue weighted by molar-refractivity contribution is -0.127. The Morgan fingerprint density at radius 3 is 2.69 bits per heavy atom. The first-order valence-corrected chi connectivity index (χ1v) is 6.51. The molecular weight excluding hydrogens is 266 g/mol. The summed E-state index contributed by atoms with van der Waals surface area (Å²) in [6.45, 7) is 0.868. The smallest absolute Gasteiger partial charge is 0.223 e. The van der Waals surface area contributed by atoms with Crippen LogP contribution in [0.2, 0.25) is 0 Å². The van der Waals surface area contributed by atoms with E-state index in [1.165, 1.54) is 12.0 Å². The van der Waals surface area contributed by atoms with Crippen LogP contribution in [-0.2, 0) is 11.2 Å². The van der Waals surface area contributed by atoms with Crippen LogP contribution in [-0.4, -0.2) is 12.5 Å². The second-order valence-electron chi connectivity index (χ2n) is 4.97. The fourth-order valence-corrected chi connectivity index (χ4v) is 3.25. The number of halogens is 1. The van der Waals surface area contributed by atoms with Crippen molar-refractivity contribution in [1.82, 2.24) is 5.32 Å². The summed E-state index contributed by atoms with van der Waals surface area (Å²) in [5.41, 5.74) is 1.56. The van der Waals surface area contributed by atoms with E-state index in [1.807, 2.05) is 0 Å². The number of carbonyl (C=O) groups is 1. The van der Waals surface area contributed by atoms with Crippen molar-refractivity contribution < 1.29 is 4.79 Å². The summed E-state index contributed by atoms with van der Waals surface area (Å²) in [6, 6.07) is 8.45. The molecule has 1 amide bonds. The molecule has 2 atom stereocenters. The zero-order chi connectivity index (χ0) is 11.2. The van der Waals surface area contributed by atoms with Gasteiger partial charge in [0.1, 0.15) is 0 Å². The van der Waals surface area contributed by atoms with Gasteiger partial charge in [0.05, 0.1) is 0 Å². The molecule has 0 aromatic heterocycles. The summed E-state index contributed by atoms with van der Waals surface area (Å²) in [5, 5.41) is 3.01. The third kappa shape index (κ3) is 1.49.